The molecule has 3 nitrogen and oxygen atoms in total. The van der Waals surface area contributed by atoms with E-state index in [-0.39, 0.29) is 0 Å². The molecule has 110 valence electrons. The highest BCUT2D eigenvalue weighted by atomic mass is 32.1. The van der Waals surface area contributed by atoms with E-state index in [4.69, 9.17) is 0 Å². The van der Waals surface area contributed by atoms with Crippen LogP contribution in [-0.2, 0) is 13.0 Å². The zero-order valence-corrected chi connectivity index (χ0v) is 13.4. The Morgan fingerprint density at radius 2 is 2.19 bits per heavy atom. The zero-order chi connectivity index (χ0) is 14.7. The van der Waals surface area contributed by atoms with Gasteiger partial charge in [0, 0.05) is 36.1 Å². The normalized spacial score (nSPS) is 12.9. The Bertz CT molecular complexity index is 713. The third-order valence-corrected chi connectivity index (χ3v) is 4.87. The number of imidazole rings is 1. The van der Waals surface area contributed by atoms with Crippen molar-refractivity contribution in [2.45, 2.75) is 32.4 Å². The summed E-state index contributed by atoms with van der Waals surface area (Å²) in [6.07, 6.45) is 6.04. The second-order valence-corrected chi connectivity index (χ2v) is 6.18. The van der Waals surface area contributed by atoms with Crippen LogP contribution in [0, 0.1) is 0 Å². The number of likely N-dealkylation sites (N-methyl/N-ethyl adjacent to an activating group) is 1. The zero-order valence-electron chi connectivity index (χ0n) is 12.5. The van der Waals surface area contributed by atoms with E-state index in [0.29, 0.717) is 6.04 Å². The third kappa shape index (κ3) is 2.87. The van der Waals surface area contributed by atoms with Gasteiger partial charge in [-0.25, -0.2) is 4.98 Å². The topological polar surface area (TPSA) is 29.9 Å². The van der Waals surface area contributed by atoms with Crippen molar-refractivity contribution in [3.05, 3.63) is 53.4 Å². The molecule has 21 heavy (non-hydrogen) atoms. The van der Waals surface area contributed by atoms with Crippen molar-refractivity contribution in [1.29, 1.82) is 0 Å². The summed E-state index contributed by atoms with van der Waals surface area (Å²) in [6.45, 7) is 3.24. The summed E-state index contributed by atoms with van der Waals surface area (Å²) in [7, 11) is 2.03. The van der Waals surface area contributed by atoms with Crippen LogP contribution in [0.15, 0.2) is 42.0 Å². The number of nitrogens with one attached hydrogen (secondary N) is 1. The molecular formula is C17H21N3S. The van der Waals surface area contributed by atoms with Crippen LogP contribution in [-0.4, -0.2) is 16.6 Å². The smallest absolute Gasteiger partial charge is 0.110 e. The van der Waals surface area contributed by atoms with Gasteiger partial charge in [0.2, 0.25) is 0 Å². The lowest BCUT2D eigenvalue weighted by Crippen LogP contribution is -2.20. The quantitative estimate of drug-likeness (QED) is 0.745. The molecule has 1 aromatic carbocycles. The number of nitrogens with zero attached hydrogens (tertiary/aromatic N) is 2. The first kappa shape index (κ1) is 14.3. The fraction of sp³-hybridized carbons (Fsp3) is 0.353. The van der Waals surface area contributed by atoms with Gasteiger partial charge >= 0.3 is 0 Å². The van der Waals surface area contributed by atoms with Crippen LogP contribution in [0.4, 0.5) is 0 Å². The third-order valence-electron chi connectivity index (χ3n) is 3.89. The lowest BCUT2D eigenvalue weighted by Gasteiger charge is -2.16. The second-order valence-electron chi connectivity index (χ2n) is 5.27. The van der Waals surface area contributed by atoms with Crippen LogP contribution in [0.1, 0.15) is 30.8 Å². The van der Waals surface area contributed by atoms with Gasteiger partial charge in [0.15, 0.2) is 0 Å². The fourth-order valence-electron chi connectivity index (χ4n) is 2.79. The van der Waals surface area contributed by atoms with Gasteiger partial charge in [0.1, 0.15) is 5.82 Å². The summed E-state index contributed by atoms with van der Waals surface area (Å²) in [6, 6.07) is 8.92. The number of aryl methyl sites for hydroxylation is 1. The molecule has 4 heteroatoms. The molecule has 3 rings (SSSR count). The van der Waals surface area contributed by atoms with Crippen molar-refractivity contribution in [2.75, 3.05) is 7.05 Å². The van der Waals surface area contributed by atoms with Gasteiger partial charge in [0.05, 0.1) is 0 Å². The Labute approximate surface area is 129 Å². The SMILES string of the molecule is CCCn1ccnc1CC(NC)c1csc2ccccc12. The largest absolute Gasteiger partial charge is 0.335 e. The number of aromatic nitrogens is 2. The maximum Gasteiger partial charge on any atom is 0.110 e. The van der Waals surface area contributed by atoms with E-state index in [9.17, 15) is 0 Å². The lowest BCUT2D eigenvalue weighted by molar-refractivity contribution is 0.546. The highest BCUT2D eigenvalue weighted by molar-refractivity contribution is 7.17. The summed E-state index contributed by atoms with van der Waals surface area (Å²) < 4.78 is 3.61. The van der Waals surface area contributed by atoms with Crippen LogP contribution in [0.2, 0.25) is 0 Å². The number of fused-ring (bicyclic) bond motifs is 1. The Morgan fingerprint density at radius 3 is 3.00 bits per heavy atom. The van der Waals surface area contributed by atoms with E-state index < -0.39 is 0 Å². The van der Waals surface area contributed by atoms with Crippen molar-refractivity contribution in [1.82, 2.24) is 14.9 Å². The Kier molecular flexibility index (Phi) is 4.36. The van der Waals surface area contributed by atoms with Gasteiger partial charge in [-0.3, -0.25) is 0 Å². The van der Waals surface area contributed by atoms with Gasteiger partial charge < -0.3 is 9.88 Å². The standard InChI is InChI=1S/C17H21N3S/c1-3-9-20-10-8-19-17(20)11-15(18-2)14-12-21-16-7-5-4-6-13(14)16/h4-8,10,12,15,18H,3,9,11H2,1-2H3. The summed E-state index contributed by atoms with van der Waals surface area (Å²) in [5.41, 5.74) is 1.38. The number of hydrogen-bond acceptors (Lipinski definition) is 3. The van der Waals surface area contributed by atoms with Crippen molar-refractivity contribution < 1.29 is 0 Å². The molecule has 3 aromatic rings. The molecule has 1 atom stereocenters. The van der Waals surface area contributed by atoms with E-state index >= 15 is 0 Å². The van der Waals surface area contributed by atoms with Crippen LogP contribution < -0.4 is 5.32 Å². The van der Waals surface area contributed by atoms with Gasteiger partial charge in [-0.2, -0.15) is 0 Å². The van der Waals surface area contributed by atoms with E-state index in [1.165, 1.54) is 15.6 Å². The fourth-order valence-corrected chi connectivity index (χ4v) is 3.81. The highest BCUT2D eigenvalue weighted by Crippen LogP contribution is 2.31. The molecule has 0 saturated heterocycles. The molecule has 1 N–H and O–H groups in total. The molecule has 0 saturated carbocycles. The first-order valence-corrected chi connectivity index (χ1v) is 8.34. The molecule has 0 fully saturated rings. The second kappa shape index (κ2) is 6.41. The average molecular weight is 299 g/mol. The molecule has 0 aliphatic rings. The van der Waals surface area contributed by atoms with Gasteiger partial charge in [-0.05, 0) is 35.9 Å². The van der Waals surface area contributed by atoms with Crippen LogP contribution in [0.3, 0.4) is 0 Å². The van der Waals surface area contributed by atoms with Crippen LogP contribution in [0.25, 0.3) is 10.1 Å². The number of thiophene rings is 1. The predicted octanol–water partition coefficient (Wildman–Crippen LogP) is 4.01. The molecule has 0 amide bonds. The maximum absolute atomic E-state index is 4.54. The Hall–Kier alpha value is -1.65. The molecule has 0 aliphatic carbocycles. The molecule has 0 bridgehead atoms. The minimum absolute atomic E-state index is 0.305. The van der Waals surface area contributed by atoms with Crippen LogP contribution >= 0.6 is 11.3 Å². The molecule has 2 heterocycles. The van der Waals surface area contributed by atoms with Crippen LogP contribution in [0.5, 0.6) is 0 Å². The number of rotatable bonds is 6. The van der Waals surface area contributed by atoms with Crippen molar-refractivity contribution in [3.8, 4) is 0 Å². The van der Waals surface area contributed by atoms with Crippen molar-refractivity contribution in [3.63, 3.8) is 0 Å². The predicted molar refractivity (Wildman–Crippen MR) is 89.8 cm³/mol. The Balaban J connectivity index is 1.90. The van der Waals surface area contributed by atoms with E-state index in [1.807, 2.05) is 24.6 Å². The number of hydrogen-bond donors (Lipinski definition) is 1. The summed E-state index contributed by atoms with van der Waals surface area (Å²) in [5, 5.41) is 7.09. The summed E-state index contributed by atoms with van der Waals surface area (Å²) in [4.78, 5) is 4.54. The van der Waals surface area contributed by atoms with Gasteiger partial charge in [0.25, 0.3) is 0 Å². The monoisotopic (exact) mass is 299 g/mol. The van der Waals surface area contributed by atoms with Gasteiger partial charge in [-0.15, -0.1) is 11.3 Å². The van der Waals surface area contributed by atoms with E-state index in [1.54, 1.807) is 0 Å². The molecule has 0 radical (unpaired) electrons. The molecule has 1 unspecified atom stereocenters. The molecule has 0 spiro atoms. The number of benzene rings is 1. The Morgan fingerprint density at radius 1 is 1.33 bits per heavy atom. The van der Waals surface area contributed by atoms with E-state index in [2.05, 4.69) is 57.6 Å². The van der Waals surface area contributed by atoms with Gasteiger partial charge in [-0.1, -0.05) is 25.1 Å². The average Bonchev–Trinajstić information content (AvgIpc) is 3.12. The lowest BCUT2D eigenvalue weighted by atomic mass is 10.0. The summed E-state index contributed by atoms with van der Waals surface area (Å²) in [5.74, 6) is 1.16. The molecular weight excluding hydrogens is 278 g/mol. The van der Waals surface area contributed by atoms with E-state index in [0.717, 1.165) is 25.2 Å². The summed E-state index contributed by atoms with van der Waals surface area (Å²) >= 11 is 1.82. The molecule has 2 aromatic heterocycles. The van der Waals surface area contributed by atoms with Crippen molar-refractivity contribution >= 4 is 21.4 Å². The first-order chi connectivity index (χ1) is 10.3. The highest BCUT2D eigenvalue weighted by Gasteiger charge is 2.17. The van der Waals surface area contributed by atoms with Crippen molar-refractivity contribution in [2.24, 2.45) is 0 Å². The molecule has 0 aliphatic heterocycles. The minimum atomic E-state index is 0.305. The maximum atomic E-state index is 4.54. The minimum Gasteiger partial charge on any atom is -0.335 e. The first-order valence-electron chi connectivity index (χ1n) is 7.47.